The SMILES string of the molecule is COc1ccc(-c2oc3ccccc3c(=O)c2OC(C)C(=O)Nc2sc(C)c(C)c2C#N)cc1. The van der Waals surface area contributed by atoms with Gasteiger partial charge in [0.05, 0.1) is 18.1 Å². The van der Waals surface area contributed by atoms with Crippen LogP contribution in [0.2, 0.25) is 0 Å². The number of thiophene rings is 1. The van der Waals surface area contributed by atoms with Gasteiger partial charge in [-0.25, -0.2) is 0 Å². The van der Waals surface area contributed by atoms with Gasteiger partial charge < -0.3 is 19.2 Å². The van der Waals surface area contributed by atoms with E-state index in [1.54, 1.807) is 62.6 Å². The molecule has 1 N–H and O–H groups in total. The molecule has 4 aromatic rings. The van der Waals surface area contributed by atoms with Crippen molar-refractivity contribution in [3.05, 3.63) is 74.8 Å². The van der Waals surface area contributed by atoms with E-state index in [9.17, 15) is 14.9 Å². The minimum absolute atomic E-state index is 0.0643. The molecule has 0 saturated carbocycles. The molecule has 2 aromatic heterocycles. The number of nitrogens with zero attached hydrogens (tertiary/aromatic N) is 1. The molecule has 7 nitrogen and oxygen atoms in total. The van der Waals surface area contributed by atoms with E-state index in [0.29, 0.717) is 32.8 Å². The maximum Gasteiger partial charge on any atom is 0.265 e. The zero-order valence-electron chi connectivity index (χ0n) is 19.1. The van der Waals surface area contributed by atoms with Gasteiger partial charge in [0.15, 0.2) is 11.9 Å². The Labute approximate surface area is 200 Å². The average molecular weight is 475 g/mol. The Hall–Kier alpha value is -4.09. The largest absolute Gasteiger partial charge is 0.497 e. The van der Waals surface area contributed by atoms with Crippen molar-refractivity contribution in [1.29, 1.82) is 5.26 Å². The number of ether oxygens (including phenoxy) is 2. The van der Waals surface area contributed by atoms with Gasteiger partial charge in [-0.3, -0.25) is 9.59 Å². The van der Waals surface area contributed by atoms with E-state index in [0.717, 1.165) is 10.4 Å². The lowest BCUT2D eigenvalue weighted by Crippen LogP contribution is -2.31. The number of amides is 1. The van der Waals surface area contributed by atoms with Crippen LogP contribution in [0.3, 0.4) is 0 Å². The Balaban J connectivity index is 1.72. The molecule has 0 bridgehead atoms. The number of aryl methyl sites for hydroxylation is 1. The number of carbonyl (C=O) groups is 1. The lowest BCUT2D eigenvalue weighted by atomic mass is 10.1. The number of para-hydroxylation sites is 1. The molecule has 8 heteroatoms. The first-order valence-corrected chi connectivity index (χ1v) is 11.3. The van der Waals surface area contributed by atoms with Crippen LogP contribution in [0.15, 0.2) is 57.7 Å². The zero-order valence-corrected chi connectivity index (χ0v) is 19.9. The molecular weight excluding hydrogens is 452 g/mol. The lowest BCUT2D eigenvalue weighted by molar-refractivity contribution is -0.122. The summed E-state index contributed by atoms with van der Waals surface area (Å²) in [6.45, 7) is 5.26. The normalized spacial score (nSPS) is 11.6. The molecule has 2 heterocycles. The molecule has 1 amide bonds. The number of nitriles is 1. The first kappa shape index (κ1) is 23.1. The van der Waals surface area contributed by atoms with Crippen molar-refractivity contribution in [2.45, 2.75) is 26.9 Å². The number of hydrogen-bond acceptors (Lipinski definition) is 7. The minimum Gasteiger partial charge on any atom is -0.497 e. The number of hydrogen-bond donors (Lipinski definition) is 1. The van der Waals surface area contributed by atoms with Crippen molar-refractivity contribution in [2.75, 3.05) is 12.4 Å². The van der Waals surface area contributed by atoms with Gasteiger partial charge in [-0.05, 0) is 62.7 Å². The van der Waals surface area contributed by atoms with Crippen molar-refractivity contribution in [2.24, 2.45) is 0 Å². The van der Waals surface area contributed by atoms with Gasteiger partial charge in [0.1, 0.15) is 22.4 Å². The van der Waals surface area contributed by atoms with Gasteiger partial charge >= 0.3 is 0 Å². The molecule has 0 aliphatic heterocycles. The smallest absolute Gasteiger partial charge is 0.265 e. The summed E-state index contributed by atoms with van der Waals surface area (Å²) in [5.41, 5.74) is 1.88. The van der Waals surface area contributed by atoms with Crippen molar-refractivity contribution in [3.63, 3.8) is 0 Å². The predicted molar refractivity (Wildman–Crippen MR) is 132 cm³/mol. The maximum atomic E-state index is 13.3. The fourth-order valence-corrected chi connectivity index (χ4v) is 4.47. The summed E-state index contributed by atoms with van der Waals surface area (Å²) in [5.74, 6) is 0.319. The van der Waals surface area contributed by atoms with Gasteiger partial charge in [-0.2, -0.15) is 5.26 Å². The summed E-state index contributed by atoms with van der Waals surface area (Å²) in [6.07, 6.45) is -1.03. The summed E-state index contributed by atoms with van der Waals surface area (Å²) in [6, 6.07) is 16.0. The fraction of sp³-hybridized carbons (Fsp3) is 0.192. The van der Waals surface area contributed by atoms with Gasteiger partial charge in [0.2, 0.25) is 11.2 Å². The zero-order chi connectivity index (χ0) is 24.4. The summed E-state index contributed by atoms with van der Waals surface area (Å²) in [4.78, 5) is 27.2. The summed E-state index contributed by atoms with van der Waals surface area (Å²) < 4.78 is 17.2. The van der Waals surface area contributed by atoms with Crippen LogP contribution < -0.4 is 20.2 Å². The van der Waals surface area contributed by atoms with E-state index < -0.39 is 12.0 Å². The van der Waals surface area contributed by atoms with Crippen LogP contribution in [0, 0.1) is 25.2 Å². The summed E-state index contributed by atoms with van der Waals surface area (Å²) in [5, 5.41) is 13.0. The second kappa shape index (κ2) is 9.41. The van der Waals surface area contributed by atoms with Crippen molar-refractivity contribution in [3.8, 4) is 28.9 Å². The van der Waals surface area contributed by atoms with Crippen molar-refractivity contribution >= 4 is 33.2 Å². The molecule has 4 rings (SSSR count). The quantitative estimate of drug-likeness (QED) is 0.400. The Morgan fingerprint density at radius 2 is 1.85 bits per heavy atom. The Bertz CT molecular complexity index is 1480. The van der Waals surface area contributed by atoms with Crippen molar-refractivity contribution in [1.82, 2.24) is 0 Å². The van der Waals surface area contributed by atoms with E-state index in [4.69, 9.17) is 13.9 Å². The number of rotatable bonds is 6. The van der Waals surface area contributed by atoms with Crippen LogP contribution in [-0.4, -0.2) is 19.1 Å². The molecule has 172 valence electrons. The number of carbonyl (C=O) groups excluding carboxylic acids is 1. The number of benzene rings is 2. The Morgan fingerprint density at radius 3 is 2.53 bits per heavy atom. The molecule has 0 aliphatic rings. The number of methoxy groups -OCH3 is 1. The minimum atomic E-state index is -1.03. The molecule has 1 atom stereocenters. The van der Waals surface area contributed by atoms with Crippen LogP contribution in [0.25, 0.3) is 22.3 Å². The molecule has 0 fully saturated rings. The van der Waals surface area contributed by atoms with E-state index in [2.05, 4.69) is 11.4 Å². The predicted octanol–water partition coefficient (Wildman–Crippen LogP) is 5.42. The Morgan fingerprint density at radius 1 is 1.15 bits per heavy atom. The van der Waals surface area contributed by atoms with Crippen LogP contribution in [0.4, 0.5) is 5.00 Å². The number of nitrogens with one attached hydrogen (secondary N) is 1. The molecule has 0 saturated heterocycles. The highest BCUT2D eigenvalue weighted by atomic mass is 32.1. The third kappa shape index (κ3) is 4.26. The Kier molecular flexibility index (Phi) is 6.39. The highest BCUT2D eigenvalue weighted by Gasteiger charge is 2.24. The topological polar surface area (TPSA) is 102 Å². The highest BCUT2D eigenvalue weighted by molar-refractivity contribution is 7.16. The first-order valence-electron chi connectivity index (χ1n) is 10.5. The van der Waals surface area contributed by atoms with Crippen LogP contribution in [0.5, 0.6) is 11.5 Å². The van der Waals surface area contributed by atoms with E-state index >= 15 is 0 Å². The molecule has 0 aliphatic carbocycles. The number of anilines is 1. The standard InChI is InChI=1S/C26H22N2O5S/c1-14-16(3)34-26(20(14)13-27)28-25(30)15(2)32-24-22(29)19-7-5-6-8-21(19)33-23(24)17-9-11-18(31-4)12-10-17/h5-12,15H,1-4H3,(H,28,30). The van der Waals surface area contributed by atoms with Gasteiger partial charge in [0.25, 0.3) is 5.91 Å². The van der Waals surface area contributed by atoms with E-state index in [1.165, 1.54) is 11.3 Å². The lowest BCUT2D eigenvalue weighted by Gasteiger charge is -2.17. The molecule has 34 heavy (non-hydrogen) atoms. The maximum absolute atomic E-state index is 13.3. The fourth-order valence-electron chi connectivity index (χ4n) is 3.46. The third-order valence-electron chi connectivity index (χ3n) is 5.51. The highest BCUT2D eigenvalue weighted by Crippen LogP contribution is 2.34. The second-order valence-corrected chi connectivity index (χ2v) is 8.89. The first-order chi connectivity index (χ1) is 16.3. The monoisotopic (exact) mass is 474 g/mol. The second-order valence-electron chi connectivity index (χ2n) is 7.66. The van der Waals surface area contributed by atoms with Crippen LogP contribution in [0.1, 0.15) is 22.9 Å². The molecule has 0 spiro atoms. The van der Waals surface area contributed by atoms with Crippen LogP contribution >= 0.6 is 11.3 Å². The van der Waals surface area contributed by atoms with E-state index in [1.807, 2.05) is 13.8 Å². The van der Waals surface area contributed by atoms with E-state index in [-0.39, 0.29) is 16.9 Å². The third-order valence-corrected chi connectivity index (χ3v) is 6.63. The van der Waals surface area contributed by atoms with Gasteiger partial charge in [-0.1, -0.05) is 12.1 Å². The van der Waals surface area contributed by atoms with Gasteiger partial charge in [-0.15, -0.1) is 11.3 Å². The van der Waals surface area contributed by atoms with Crippen LogP contribution in [-0.2, 0) is 4.79 Å². The molecule has 2 aromatic carbocycles. The summed E-state index contributed by atoms with van der Waals surface area (Å²) >= 11 is 1.32. The number of fused-ring (bicyclic) bond motifs is 1. The van der Waals surface area contributed by atoms with Crippen molar-refractivity contribution < 1.29 is 18.7 Å². The average Bonchev–Trinajstić information content (AvgIpc) is 3.12. The molecule has 1 unspecified atom stereocenters. The summed E-state index contributed by atoms with van der Waals surface area (Å²) in [7, 11) is 1.56. The molecular formula is C26H22N2O5S. The molecule has 0 radical (unpaired) electrons. The van der Waals surface area contributed by atoms with Gasteiger partial charge in [0, 0.05) is 10.4 Å².